The van der Waals surface area contributed by atoms with Crippen LogP contribution in [0.5, 0.6) is 11.5 Å². The van der Waals surface area contributed by atoms with Crippen molar-refractivity contribution < 1.29 is 24.2 Å². The average Bonchev–Trinajstić information content (AvgIpc) is 2.51. The summed E-state index contributed by atoms with van der Waals surface area (Å²) in [5.74, 6) is -0.122. The molecule has 0 spiro atoms. The topological polar surface area (TPSA) is 96.9 Å². The van der Waals surface area contributed by atoms with Crippen LogP contribution < -0.4 is 20.1 Å². The Morgan fingerprint density at radius 3 is 2.43 bits per heavy atom. The van der Waals surface area contributed by atoms with Gasteiger partial charge in [0.2, 0.25) is 5.91 Å². The Labute approximate surface area is 136 Å². The summed E-state index contributed by atoms with van der Waals surface area (Å²) < 4.78 is 10.3. The number of ether oxygens (including phenoxy) is 2. The fourth-order valence-electron chi connectivity index (χ4n) is 1.91. The van der Waals surface area contributed by atoms with Gasteiger partial charge in [-0.1, -0.05) is 13.8 Å². The van der Waals surface area contributed by atoms with E-state index in [1.165, 1.54) is 14.2 Å². The van der Waals surface area contributed by atoms with E-state index in [2.05, 4.69) is 10.6 Å². The summed E-state index contributed by atoms with van der Waals surface area (Å²) in [5.41, 5.74) is 0.464. The molecule has 0 heterocycles. The highest BCUT2D eigenvalue weighted by Gasteiger charge is 2.21. The number of carboxylic acids is 1. The predicted molar refractivity (Wildman–Crippen MR) is 87.1 cm³/mol. The van der Waals surface area contributed by atoms with Crippen LogP contribution in [-0.4, -0.2) is 43.8 Å². The van der Waals surface area contributed by atoms with Gasteiger partial charge in [-0.05, 0) is 24.6 Å². The summed E-state index contributed by atoms with van der Waals surface area (Å²) in [4.78, 5) is 23.3. The first kappa shape index (κ1) is 18.8. The molecule has 128 valence electrons. The fourth-order valence-corrected chi connectivity index (χ4v) is 1.91. The lowest BCUT2D eigenvalue weighted by Crippen LogP contribution is -2.41. The molecule has 0 aliphatic heterocycles. The van der Waals surface area contributed by atoms with E-state index in [-0.39, 0.29) is 6.42 Å². The van der Waals surface area contributed by atoms with Gasteiger partial charge in [-0.2, -0.15) is 0 Å². The van der Waals surface area contributed by atoms with Gasteiger partial charge in [-0.3, -0.25) is 9.59 Å². The quantitative estimate of drug-likeness (QED) is 0.640. The largest absolute Gasteiger partial charge is 0.497 e. The molecule has 23 heavy (non-hydrogen) atoms. The van der Waals surface area contributed by atoms with Gasteiger partial charge >= 0.3 is 5.97 Å². The molecule has 1 rings (SSSR count). The van der Waals surface area contributed by atoms with Crippen LogP contribution in [0.4, 0.5) is 5.69 Å². The Balaban J connectivity index is 2.72. The molecule has 1 atom stereocenters. The van der Waals surface area contributed by atoms with Gasteiger partial charge in [-0.25, -0.2) is 0 Å². The van der Waals surface area contributed by atoms with Gasteiger partial charge in [0, 0.05) is 6.07 Å². The van der Waals surface area contributed by atoms with Crippen molar-refractivity contribution in [1.29, 1.82) is 0 Å². The first-order valence-electron chi connectivity index (χ1n) is 7.35. The van der Waals surface area contributed by atoms with Gasteiger partial charge in [0.15, 0.2) is 0 Å². The molecular weight excluding hydrogens is 300 g/mol. The minimum absolute atomic E-state index is 0.169. The Bertz CT molecular complexity index is 545. The van der Waals surface area contributed by atoms with Crippen LogP contribution >= 0.6 is 0 Å². The zero-order valence-electron chi connectivity index (χ0n) is 13.9. The summed E-state index contributed by atoms with van der Waals surface area (Å²) in [6, 6.07) is 4.04. The van der Waals surface area contributed by atoms with E-state index >= 15 is 0 Å². The predicted octanol–water partition coefficient (Wildman–Crippen LogP) is 1.73. The zero-order chi connectivity index (χ0) is 17.4. The number of carbonyl (C=O) groups is 2. The highest BCUT2D eigenvalue weighted by molar-refractivity contribution is 5.95. The lowest BCUT2D eigenvalue weighted by atomic mass is 10.1. The molecule has 1 amide bonds. The van der Waals surface area contributed by atoms with Crippen molar-refractivity contribution >= 4 is 17.6 Å². The molecule has 0 aromatic heterocycles. The van der Waals surface area contributed by atoms with E-state index in [0.29, 0.717) is 29.6 Å². The van der Waals surface area contributed by atoms with Gasteiger partial charge in [0.25, 0.3) is 0 Å². The van der Waals surface area contributed by atoms with E-state index in [1.807, 2.05) is 13.8 Å². The third-order valence-corrected chi connectivity index (χ3v) is 3.14. The van der Waals surface area contributed by atoms with E-state index in [0.717, 1.165) is 0 Å². The van der Waals surface area contributed by atoms with E-state index in [4.69, 9.17) is 9.47 Å². The number of carboxylic acid groups (broad SMARTS) is 1. The van der Waals surface area contributed by atoms with Crippen molar-refractivity contribution in [2.75, 3.05) is 26.1 Å². The second-order valence-corrected chi connectivity index (χ2v) is 5.51. The number of hydrogen-bond donors (Lipinski definition) is 3. The van der Waals surface area contributed by atoms with Crippen molar-refractivity contribution in [2.24, 2.45) is 5.92 Å². The van der Waals surface area contributed by atoms with Crippen molar-refractivity contribution in [3.05, 3.63) is 18.2 Å². The lowest BCUT2D eigenvalue weighted by molar-refractivity contribution is -0.141. The maximum absolute atomic E-state index is 12.1. The number of anilines is 1. The molecule has 7 heteroatoms. The normalized spacial score (nSPS) is 11.9. The number of nitrogens with one attached hydrogen (secondary N) is 2. The molecule has 0 saturated carbocycles. The van der Waals surface area contributed by atoms with Gasteiger partial charge in [0.1, 0.15) is 17.5 Å². The van der Waals surface area contributed by atoms with Gasteiger partial charge in [-0.15, -0.1) is 0 Å². The molecule has 0 saturated heterocycles. The third kappa shape index (κ3) is 6.15. The summed E-state index contributed by atoms with van der Waals surface area (Å²) >= 11 is 0. The van der Waals surface area contributed by atoms with Crippen molar-refractivity contribution in [3.8, 4) is 11.5 Å². The van der Waals surface area contributed by atoms with Gasteiger partial charge < -0.3 is 25.2 Å². The zero-order valence-corrected chi connectivity index (χ0v) is 13.9. The van der Waals surface area contributed by atoms with Crippen LogP contribution in [0.15, 0.2) is 18.2 Å². The molecule has 3 N–H and O–H groups in total. The molecule has 1 aromatic rings. The Morgan fingerprint density at radius 1 is 1.22 bits per heavy atom. The minimum atomic E-state index is -1.05. The average molecular weight is 324 g/mol. The van der Waals surface area contributed by atoms with Crippen LogP contribution in [0.25, 0.3) is 0 Å². The molecule has 1 aromatic carbocycles. The van der Waals surface area contributed by atoms with Crippen LogP contribution in [0.2, 0.25) is 0 Å². The Morgan fingerprint density at radius 2 is 1.91 bits per heavy atom. The molecule has 0 bridgehead atoms. The SMILES string of the molecule is COc1ccc(NC(=O)C[C@H](NCC(C)C)C(=O)O)c(OC)c1. The minimum Gasteiger partial charge on any atom is -0.497 e. The van der Waals surface area contributed by atoms with Crippen LogP contribution in [-0.2, 0) is 9.59 Å². The molecule has 0 radical (unpaired) electrons. The van der Waals surface area contributed by atoms with Crippen molar-refractivity contribution in [1.82, 2.24) is 5.32 Å². The fraction of sp³-hybridized carbons (Fsp3) is 0.500. The first-order valence-corrected chi connectivity index (χ1v) is 7.35. The number of carbonyl (C=O) groups excluding carboxylic acids is 1. The van der Waals surface area contributed by atoms with E-state index in [1.54, 1.807) is 18.2 Å². The molecule has 0 aliphatic rings. The summed E-state index contributed by atoms with van der Waals surface area (Å²) in [6.07, 6.45) is -0.169. The molecule has 0 aliphatic carbocycles. The maximum Gasteiger partial charge on any atom is 0.321 e. The first-order chi connectivity index (χ1) is 10.9. The summed E-state index contributed by atoms with van der Waals surface area (Å²) in [6.45, 7) is 4.46. The van der Waals surface area contributed by atoms with Gasteiger partial charge in [0.05, 0.1) is 26.3 Å². The Kier molecular flexibility index (Phi) is 7.34. The molecule has 7 nitrogen and oxygen atoms in total. The Hall–Kier alpha value is -2.28. The smallest absolute Gasteiger partial charge is 0.321 e. The number of methoxy groups -OCH3 is 2. The van der Waals surface area contributed by atoms with Crippen LogP contribution in [0, 0.1) is 5.92 Å². The van der Waals surface area contributed by atoms with E-state index in [9.17, 15) is 14.7 Å². The van der Waals surface area contributed by atoms with Crippen molar-refractivity contribution in [3.63, 3.8) is 0 Å². The number of amides is 1. The second kappa shape index (κ2) is 8.99. The van der Waals surface area contributed by atoms with Crippen molar-refractivity contribution in [2.45, 2.75) is 26.3 Å². The summed E-state index contributed by atoms with van der Waals surface area (Å²) in [5, 5.41) is 14.7. The second-order valence-electron chi connectivity index (χ2n) is 5.51. The van der Waals surface area contributed by atoms with Crippen LogP contribution in [0.3, 0.4) is 0 Å². The standard InChI is InChI=1S/C16H24N2O5/c1-10(2)9-17-13(16(20)21)8-15(19)18-12-6-5-11(22-3)7-14(12)23-4/h5-7,10,13,17H,8-9H2,1-4H3,(H,18,19)(H,20,21)/t13-/m0/s1. The molecule has 0 fully saturated rings. The summed E-state index contributed by atoms with van der Waals surface area (Å²) in [7, 11) is 3.01. The number of hydrogen-bond acceptors (Lipinski definition) is 5. The molecular formula is C16H24N2O5. The lowest BCUT2D eigenvalue weighted by Gasteiger charge is -2.16. The number of rotatable bonds is 9. The highest BCUT2D eigenvalue weighted by Crippen LogP contribution is 2.29. The maximum atomic E-state index is 12.1. The number of benzene rings is 1. The van der Waals surface area contributed by atoms with E-state index < -0.39 is 17.9 Å². The monoisotopic (exact) mass is 324 g/mol. The molecule has 0 unspecified atom stereocenters. The highest BCUT2D eigenvalue weighted by atomic mass is 16.5. The third-order valence-electron chi connectivity index (χ3n) is 3.14. The number of aliphatic carboxylic acids is 1. The van der Waals surface area contributed by atoms with Crippen LogP contribution in [0.1, 0.15) is 20.3 Å².